The molecule has 4 amide bonds. The summed E-state index contributed by atoms with van der Waals surface area (Å²) in [4.78, 5) is 53.6. The standard InChI is InChI=1S/C55H76N4O4/c1-11-46(39(2)3)43-24-28-45(29-25-43)57-52(63)48(37-41-20-16-13-17-21-41)59-50(61)31-33-54(7,8)34-35-55(9,10)38-42-22-26-44(27-23-42)56-51(62)47(36-40-18-14-12-15-19-40)58-49(60)30-32-53(4,5)6/h12-29,39,46-48H,11,30-38H2,1-10H3,(H,56,62)(H,57,63)(H,58,60)(H,59,61)/t46?,47-,48+/m1/s1. The van der Waals surface area contributed by atoms with Crippen LogP contribution in [0.25, 0.3) is 0 Å². The van der Waals surface area contributed by atoms with Crippen molar-refractivity contribution in [1.82, 2.24) is 10.6 Å². The van der Waals surface area contributed by atoms with Crippen LogP contribution < -0.4 is 21.3 Å². The number of anilines is 2. The van der Waals surface area contributed by atoms with E-state index >= 15 is 0 Å². The van der Waals surface area contributed by atoms with Gasteiger partial charge in [0, 0.05) is 37.1 Å². The second-order valence-corrected chi connectivity index (χ2v) is 20.7. The summed E-state index contributed by atoms with van der Waals surface area (Å²) in [6.45, 7) is 22.0. The highest BCUT2D eigenvalue weighted by Gasteiger charge is 2.28. The summed E-state index contributed by atoms with van der Waals surface area (Å²) < 4.78 is 0. The first-order chi connectivity index (χ1) is 29.7. The van der Waals surface area contributed by atoms with E-state index in [4.69, 9.17) is 0 Å². The molecule has 0 aliphatic heterocycles. The number of benzene rings is 4. The lowest BCUT2D eigenvalue weighted by molar-refractivity contribution is -0.126. The molecule has 0 aliphatic carbocycles. The first-order valence-electron chi connectivity index (χ1n) is 23.2. The maximum atomic E-state index is 13.7. The molecule has 4 rings (SSSR count). The second kappa shape index (κ2) is 23.4. The fourth-order valence-electron chi connectivity index (χ4n) is 8.10. The Morgan fingerprint density at radius 3 is 1.37 bits per heavy atom. The Kier molecular flexibility index (Phi) is 18.8. The quantitative estimate of drug-likeness (QED) is 0.0594. The van der Waals surface area contributed by atoms with Crippen molar-refractivity contribution in [3.8, 4) is 0 Å². The fourth-order valence-corrected chi connectivity index (χ4v) is 8.10. The molecule has 4 aromatic rings. The number of carbonyl (C=O) groups is 4. The number of carbonyl (C=O) groups excluding carboxylic acids is 4. The molecule has 4 N–H and O–H groups in total. The first kappa shape index (κ1) is 50.4. The number of hydrogen-bond donors (Lipinski definition) is 4. The maximum Gasteiger partial charge on any atom is 0.247 e. The van der Waals surface area contributed by atoms with E-state index in [0.717, 1.165) is 48.9 Å². The van der Waals surface area contributed by atoms with Gasteiger partial charge in [0.05, 0.1) is 0 Å². The third-order valence-electron chi connectivity index (χ3n) is 12.2. The molecule has 0 fully saturated rings. The molecule has 63 heavy (non-hydrogen) atoms. The van der Waals surface area contributed by atoms with E-state index in [2.05, 4.69) is 115 Å². The zero-order chi connectivity index (χ0) is 46.2. The van der Waals surface area contributed by atoms with E-state index in [1.165, 1.54) is 11.1 Å². The predicted octanol–water partition coefficient (Wildman–Crippen LogP) is 11.8. The van der Waals surface area contributed by atoms with Gasteiger partial charge in [0.1, 0.15) is 12.1 Å². The summed E-state index contributed by atoms with van der Waals surface area (Å²) in [5, 5.41) is 12.2. The minimum Gasteiger partial charge on any atom is -0.344 e. The molecule has 8 heteroatoms. The molecule has 0 heterocycles. The average Bonchev–Trinajstić information content (AvgIpc) is 3.23. The van der Waals surface area contributed by atoms with Gasteiger partial charge in [-0.1, -0.05) is 154 Å². The Balaban J connectivity index is 1.29. The monoisotopic (exact) mass is 857 g/mol. The third kappa shape index (κ3) is 18.2. The van der Waals surface area contributed by atoms with Gasteiger partial charge in [0.25, 0.3) is 0 Å². The van der Waals surface area contributed by atoms with Gasteiger partial charge < -0.3 is 21.3 Å². The summed E-state index contributed by atoms with van der Waals surface area (Å²) in [5.41, 5.74) is 5.73. The van der Waals surface area contributed by atoms with E-state index in [0.29, 0.717) is 49.6 Å². The largest absolute Gasteiger partial charge is 0.344 e. The van der Waals surface area contributed by atoms with Crippen molar-refractivity contribution in [2.75, 3.05) is 10.6 Å². The smallest absolute Gasteiger partial charge is 0.247 e. The zero-order valence-corrected chi connectivity index (χ0v) is 39.9. The molecule has 0 bridgehead atoms. The molecule has 340 valence electrons. The highest BCUT2D eigenvalue weighted by molar-refractivity contribution is 5.98. The van der Waals surface area contributed by atoms with Crippen molar-refractivity contribution >= 4 is 35.0 Å². The topological polar surface area (TPSA) is 116 Å². The van der Waals surface area contributed by atoms with Gasteiger partial charge >= 0.3 is 0 Å². The van der Waals surface area contributed by atoms with Crippen molar-refractivity contribution < 1.29 is 19.2 Å². The molecule has 3 atom stereocenters. The van der Waals surface area contributed by atoms with Gasteiger partial charge in [-0.25, -0.2) is 0 Å². The fraction of sp³-hybridized carbons (Fsp3) is 0.491. The van der Waals surface area contributed by atoms with Crippen LogP contribution in [0.15, 0.2) is 109 Å². The number of rotatable bonds is 23. The molecular formula is C55H76N4O4. The molecule has 0 aromatic heterocycles. The van der Waals surface area contributed by atoms with Crippen molar-refractivity contribution in [2.24, 2.45) is 22.2 Å². The normalized spacial score (nSPS) is 13.4. The summed E-state index contributed by atoms with van der Waals surface area (Å²) in [5.74, 6) is 0.276. The lowest BCUT2D eigenvalue weighted by Gasteiger charge is -2.31. The van der Waals surface area contributed by atoms with Gasteiger partial charge in [-0.05, 0) is 113 Å². The summed E-state index contributed by atoms with van der Waals surface area (Å²) in [6, 6.07) is 34.3. The van der Waals surface area contributed by atoms with Crippen LogP contribution in [0.1, 0.15) is 142 Å². The summed E-state index contributed by atoms with van der Waals surface area (Å²) >= 11 is 0. The minimum absolute atomic E-state index is 0.00822. The van der Waals surface area contributed by atoms with Crippen molar-refractivity contribution in [3.05, 3.63) is 131 Å². The molecule has 0 saturated carbocycles. The Hall–Kier alpha value is -5.24. The SMILES string of the molecule is CCC(c1ccc(NC(=O)[C@H](Cc2ccccc2)NC(=O)CCC(C)(C)CCC(C)(C)Cc2ccc(NC(=O)[C@@H](Cc3ccccc3)NC(=O)CCC(C)(C)C)cc2)cc1)C(C)C. The molecule has 0 aliphatic rings. The molecule has 0 spiro atoms. The van der Waals surface area contributed by atoms with Gasteiger partial charge in [-0.2, -0.15) is 0 Å². The van der Waals surface area contributed by atoms with E-state index in [1.54, 1.807) is 0 Å². The lowest BCUT2D eigenvalue weighted by Crippen LogP contribution is -2.45. The highest BCUT2D eigenvalue weighted by atomic mass is 16.2. The van der Waals surface area contributed by atoms with Crippen LogP contribution >= 0.6 is 0 Å². The van der Waals surface area contributed by atoms with Crippen molar-refractivity contribution in [3.63, 3.8) is 0 Å². The Morgan fingerprint density at radius 2 is 0.937 bits per heavy atom. The van der Waals surface area contributed by atoms with Crippen LogP contribution in [0.4, 0.5) is 11.4 Å². The molecule has 0 radical (unpaired) electrons. The number of amides is 4. The van der Waals surface area contributed by atoms with Crippen LogP contribution in [0.3, 0.4) is 0 Å². The van der Waals surface area contributed by atoms with Gasteiger partial charge in [-0.3, -0.25) is 19.2 Å². The van der Waals surface area contributed by atoms with Crippen LogP contribution in [0.5, 0.6) is 0 Å². The molecule has 4 aromatic carbocycles. The van der Waals surface area contributed by atoms with E-state index < -0.39 is 12.1 Å². The minimum atomic E-state index is -0.708. The maximum absolute atomic E-state index is 13.7. The Bertz CT molecular complexity index is 2030. The second-order valence-electron chi connectivity index (χ2n) is 20.7. The molecule has 0 saturated heterocycles. The highest BCUT2D eigenvalue weighted by Crippen LogP contribution is 2.36. The lowest BCUT2D eigenvalue weighted by atomic mass is 9.74. The predicted molar refractivity (Wildman–Crippen MR) is 261 cm³/mol. The van der Waals surface area contributed by atoms with Gasteiger partial charge in [0.2, 0.25) is 23.6 Å². The van der Waals surface area contributed by atoms with E-state index in [1.807, 2.05) is 84.9 Å². The van der Waals surface area contributed by atoms with Crippen LogP contribution in [-0.4, -0.2) is 35.7 Å². The molecule has 1 unspecified atom stereocenters. The van der Waals surface area contributed by atoms with Crippen LogP contribution in [0, 0.1) is 22.2 Å². The first-order valence-corrected chi connectivity index (χ1v) is 23.2. The van der Waals surface area contributed by atoms with E-state index in [9.17, 15) is 19.2 Å². The molecular weight excluding hydrogens is 781 g/mol. The van der Waals surface area contributed by atoms with Crippen LogP contribution in [-0.2, 0) is 38.4 Å². The van der Waals surface area contributed by atoms with Crippen molar-refractivity contribution in [1.29, 1.82) is 0 Å². The summed E-state index contributed by atoms with van der Waals surface area (Å²) in [7, 11) is 0. The van der Waals surface area contributed by atoms with Gasteiger partial charge in [-0.15, -0.1) is 0 Å². The molecule has 8 nitrogen and oxygen atoms in total. The zero-order valence-electron chi connectivity index (χ0n) is 39.9. The summed E-state index contributed by atoms with van der Waals surface area (Å²) in [6.07, 6.45) is 6.74. The number of nitrogens with one attached hydrogen (secondary N) is 4. The van der Waals surface area contributed by atoms with Crippen LogP contribution in [0.2, 0.25) is 0 Å². The Morgan fingerprint density at radius 1 is 0.508 bits per heavy atom. The van der Waals surface area contributed by atoms with Gasteiger partial charge in [0.15, 0.2) is 0 Å². The average molecular weight is 857 g/mol. The number of hydrogen-bond acceptors (Lipinski definition) is 4. The Labute approximate surface area is 379 Å². The van der Waals surface area contributed by atoms with E-state index in [-0.39, 0.29) is 39.9 Å². The third-order valence-corrected chi connectivity index (χ3v) is 12.2. The van der Waals surface area contributed by atoms with Crippen molar-refractivity contribution in [2.45, 2.75) is 151 Å².